The van der Waals surface area contributed by atoms with E-state index in [1.54, 1.807) is 14.2 Å². The lowest BCUT2D eigenvalue weighted by molar-refractivity contribution is 0.394. The Bertz CT molecular complexity index is 797. The van der Waals surface area contributed by atoms with Gasteiger partial charge in [-0.15, -0.1) is 0 Å². The normalized spacial score (nSPS) is 11.0. The van der Waals surface area contributed by atoms with E-state index < -0.39 is 0 Å². The van der Waals surface area contributed by atoms with Gasteiger partial charge < -0.3 is 9.47 Å². The van der Waals surface area contributed by atoms with Gasteiger partial charge in [0.25, 0.3) is 0 Å². The monoisotopic (exact) mass is 291 g/mol. The molecule has 0 spiro atoms. The van der Waals surface area contributed by atoms with Gasteiger partial charge in [0.15, 0.2) is 0 Å². The minimum atomic E-state index is 0.776. The zero-order valence-corrected chi connectivity index (χ0v) is 12.6. The number of pyridine rings is 1. The van der Waals surface area contributed by atoms with Crippen molar-refractivity contribution < 1.29 is 9.47 Å². The van der Waals surface area contributed by atoms with Gasteiger partial charge in [-0.25, -0.2) is 0 Å². The Morgan fingerprint density at radius 3 is 2.32 bits per heavy atom. The number of fused-ring (bicyclic) bond motifs is 1. The fourth-order valence-corrected chi connectivity index (χ4v) is 2.37. The quantitative estimate of drug-likeness (QED) is 0.713. The lowest BCUT2D eigenvalue weighted by Crippen LogP contribution is -1.88. The molecule has 0 saturated heterocycles. The average molecular weight is 291 g/mol. The zero-order valence-electron chi connectivity index (χ0n) is 12.6. The Balaban J connectivity index is 1.99. The van der Waals surface area contributed by atoms with E-state index in [2.05, 4.69) is 17.1 Å². The van der Waals surface area contributed by atoms with Crippen molar-refractivity contribution in [3.05, 3.63) is 65.9 Å². The Morgan fingerprint density at radius 2 is 1.59 bits per heavy atom. The molecule has 0 fully saturated rings. The van der Waals surface area contributed by atoms with Gasteiger partial charge in [0.2, 0.25) is 0 Å². The molecule has 0 radical (unpaired) electrons. The predicted molar refractivity (Wildman–Crippen MR) is 90.2 cm³/mol. The fourth-order valence-electron chi connectivity index (χ4n) is 2.37. The topological polar surface area (TPSA) is 31.4 Å². The summed E-state index contributed by atoms with van der Waals surface area (Å²) >= 11 is 0. The van der Waals surface area contributed by atoms with Crippen LogP contribution < -0.4 is 9.47 Å². The SMILES string of the molecule is COc1cc(/C=C/c2ccnc3ccccc23)cc(OC)c1. The highest BCUT2D eigenvalue weighted by molar-refractivity contribution is 5.90. The zero-order chi connectivity index (χ0) is 15.4. The van der Waals surface area contributed by atoms with E-state index in [0.717, 1.165) is 33.5 Å². The number of ether oxygens (including phenoxy) is 2. The van der Waals surface area contributed by atoms with Crippen molar-refractivity contribution in [1.29, 1.82) is 0 Å². The number of hydrogen-bond acceptors (Lipinski definition) is 3. The van der Waals surface area contributed by atoms with E-state index in [9.17, 15) is 0 Å². The van der Waals surface area contributed by atoms with Crippen molar-refractivity contribution in [2.45, 2.75) is 0 Å². The summed E-state index contributed by atoms with van der Waals surface area (Å²) in [6, 6.07) is 15.9. The molecular formula is C19H17NO2. The van der Waals surface area contributed by atoms with Crippen LogP contribution in [0.1, 0.15) is 11.1 Å². The Labute approximate surface area is 129 Å². The minimum Gasteiger partial charge on any atom is -0.497 e. The third-order valence-electron chi connectivity index (χ3n) is 3.51. The fraction of sp³-hybridized carbons (Fsp3) is 0.105. The maximum atomic E-state index is 5.30. The van der Waals surface area contributed by atoms with E-state index in [1.165, 1.54) is 0 Å². The number of hydrogen-bond donors (Lipinski definition) is 0. The first-order chi connectivity index (χ1) is 10.8. The average Bonchev–Trinajstić information content (AvgIpc) is 2.59. The second kappa shape index (κ2) is 6.31. The number of benzene rings is 2. The summed E-state index contributed by atoms with van der Waals surface area (Å²) < 4.78 is 10.6. The van der Waals surface area contributed by atoms with Crippen LogP contribution in [-0.4, -0.2) is 19.2 Å². The number of nitrogens with zero attached hydrogens (tertiary/aromatic N) is 1. The highest BCUT2D eigenvalue weighted by Crippen LogP contribution is 2.25. The molecule has 0 atom stereocenters. The van der Waals surface area contributed by atoms with Gasteiger partial charge in [-0.3, -0.25) is 4.98 Å². The third-order valence-corrected chi connectivity index (χ3v) is 3.51. The standard InChI is InChI=1S/C19H17NO2/c1-21-16-11-14(12-17(13-16)22-2)7-8-15-9-10-20-19-6-4-3-5-18(15)19/h3-13H,1-2H3/b8-7+. The highest BCUT2D eigenvalue weighted by atomic mass is 16.5. The van der Waals surface area contributed by atoms with Crippen LogP contribution in [0.2, 0.25) is 0 Å². The van der Waals surface area contributed by atoms with Crippen molar-refractivity contribution in [3.63, 3.8) is 0 Å². The van der Waals surface area contributed by atoms with Crippen molar-refractivity contribution in [3.8, 4) is 11.5 Å². The van der Waals surface area contributed by atoms with E-state index in [0.29, 0.717) is 0 Å². The molecule has 3 rings (SSSR count). The van der Waals surface area contributed by atoms with Gasteiger partial charge in [0, 0.05) is 17.6 Å². The van der Waals surface area contributed by atoms with Crippen LogP contribution in [-0.2, 0) is 0 Å². The molecule has 3 aromatic rings. The van der Waals surface area contributed by atoms with Crippen LogP contribution in [0.15, 0.2) is 54.7 Å². The van der Waals surface area contributed by atoms with Crippen molar-refractivity contribution >= 4 is 23.1 Å². The Hall–Kier alpha value is -2.81. The summed E-state index contributed by atoms with van der Waals surface area (Å²) in [6.07, 6.45) is 5.96. The van der Waals surface area contributed by atoms with Gasteiger partial charge in [-0.2, -0.15) is 0 Å². The molecule has 0 unspecified atom stereocenters. The first-order valence-corrected chi connectivity index (χ1v) is 7.05. The van der Waals surface area contributed by atoms with Gasteiger partial charge in [0.1, 0.15) is 11.5 Å². The smallest absolute Gasteiger partial charge is 0.123 e. The van der Waals surface area contributed by atoms with Crippen molar-refractivity contribution in [2.24, 2.45) is 0 Å². The lowest BCUT2D eigenvalue weighted by Gasteiger charge is -2.06. The maximum absolute atomic E-state index is 5.30. The van der Waals surface area contributed by atoms with E-state index >= 15 is 0 Å². The molecule has 3 heteroatoms. The minimum absolute atomic E-state index is 0.776. The largest absolute Gasteiger partial charge is 0.497 e. The van der Waals surface area contributed by atoms with Gasteiger partial charge in [-0.05, 0) is 35.4 Å². The van der Waals surface area contributed by atoms with Crippen LogP contribution in [0.5, 0.6) is 11.5 Å². The molecule has 1 heterocycles. The van der Waals surface area contributed by atoms with Gasteiger partial charge >= 0.3 is 0 Å². The van der Waals surface area contributed by atoms with Gasteiger partial charge in [0.05, 0.1) is 19.7 Å². The molecule has 0 saturated carbocycles. The molecule has 0 bridgehead atoms. The molecule has 1 aromatic heterocycles. The van der Waals surface area contributed by atoms with E-state index in [1.807, 2.05) is 54.7 Å². The van der Waals surface area contributed by atoms with E-state index in [-0.39, 0.29) is 0 Å². The second-order valence-corrected chi connectivity index (χ2v) is 4.90. The van der Waals surface area contributed by atoms with Crippen LogP contribution in [0.25, 0.3) is 23.1 Å². The summed E-state index contributed by atoms with van der Waals surface area (Å²) in [5.41, 5.74) is 3.15. The highest BCUT2D eigenvalue weighted by Gasteiger charge is 2.01. The van der Waals surface area contributed by atoms with E-state index in [4.69, 9.17) is 9.47 Å². The molecular weight excluding hydrogens is 274 g/mol. The van der Waals surface area contributed by atoms with Crippen molar-refractivity contribution in [1.82, 2.24) is 4.98 Å². The predicted octanol–water partition coefficient (Wildman–Crippen LogP) is 4.42. The molecule has 3 nitrogen and oxygen atoms in total. The summed E-state index contributed by atoms with van der Waals surface area (Å²) in [4.78, 5) is 4.38. The number of methoxy groups -OCH3 is 2. The molecule has 0 aliphatic rings. The summed E-state index contributed by atoms with van der Waals surface area (Å²) in [6.45, 7) is 0. The maximum Gasteiger partial charge on any atom is 0.123 e. The molecule has 22 heavy (non-hydrogen) atoms. The summed E-state index contributed by atoms with van der Waals surface area (Å²) in [7, 11) is 3.30. The Kier molecular flexibility index (Phi) is 4.05. The third kappa shape index (κ3) is 2.93. The van der Waals surface area contributed by atoms with Crippen molar-refractivity contribution in [2.75, 3.05) is 14.2 Å². The first-order valence-electron chi connectivity index (χ1n) is 7.05. The van der Waals surface area contributed by atoms with Crippen LogP contribution >= 0.6 is 0 Å². The molecule has 0 N–H and O–H groups in total. The number of rotatable bonds is 4. The number of aromatic nitrogens is 1. The molecule has 0 aliphatic carbocycles. The summed E-state index contributed by atoms with van der Waals surface area (Å²) in [5, 5.41) is 1.14. The second-order valence-electron chi connectivity index (χ2n) is 4.90. The number of para-hydroxylation sites is 1. The molecule has 0 aliphatic heterocycles. The first kappa shape index (κ1) is 14.1. The summed E-state index contributed by atoms with van der Waals surface area (Å²) in [5.74, 6) is 1.55. The van der Waals surface area contributed by atoms with Crippen LogP contribution in [0.4, 0.5) is 0 Å². The van der Waals surface area contributed by atoms with Crippen LogP contribution in [0.3, 0.4) is 0 Å². The van der Waals surface area contributed by atoms with Crippen LogP contribution in [0, 0.1) is 0 Å². The molecule has 110 valence electrons. The van der Waals surface area contributed by atoms with Gasteiger partial charge in [-0.1, -0.05) is 30.4 Å². The Morgan fingerprint density at radius 1 is 0.864 bits per heavy atom. The molecule has 2 aromatic carbocycles. The molecule has 0 amide bonds. The lowest BCUT2D eigenvalue weighted by atomic mass is 10.1.